The van der Waals surface area contributed by atoms with Crippen molar-refractivity contribution in [2.24, 2.45) is 0 Å². The fraction of sp³-hybridized carbons (Fsp3) is 0.500. The standard InChI is InChI=1S/C14H20O5/c1-3-19-12-6-4-11(5-7-12)8-9-18-10-13(15)14(16)17-2/h4-7,13,15H,3,8-10H2,1-2H3. The summed E-state index contributed by atoms with van der Waals surface area (Å²) in [5.41, 5.74) is 1.11. The van der Waals surface area contributed by atoms with Crippen LogP contribution in [0.3, 0.4) is 0 Å². The van der Waals surface area contributed by atoms with Gasteiger partial charge in [0.15, 0.2) is 6.10 Å². The molecule has 0 heterocycles. The van der Waals surface area contributed by atoms with Gasteiger partial charge in [0.05, 0.1) is 26.9 Å². The van der Waals surface area contributed by atoms with Crippen LogP contribution in [-0.2, 0) is 20.7 Å². The molecule has 1 unspecified atom stereocenters. The molecule has 0 fully saturated rings. The number of hydrogen-bond acceptors (Lipinski definition) is 5. The van der Waals surface area contributed by atoms with Crippen molar-refractivity contribution in [3.05, 3.63) is 29.8 Å². The molecule has 19 heavy (non-hydrogen) atoms. The van der Waals surface area contributed by atoms with E-state index in [1.807, 2.05) is 31.2 Å². The van der Waals surface area contributed by atoms with Gasteiger partial charge in [-0.3, -0.25) is 0 Å². The molecule has 1 aromatic carbocycles. The minimum Gasteiger partial charge on any atom is -0.494 e. The van der Waals surface area contributed by atoms with E-state index in [2.05, 4.69) is 4.74 Å². The van der Waals surface area contributed by atoms with Gasteiger partial charge in [-0.25, -0.2) is 4.79 Å². The van der Waals surface area contributed by atoms with Crippen molar-refractivity contribution in [2.75, 3.05) is 26.9 Å². The Balaban J connectivity index is 2.24. The molecule has 1 atom stereocenters. The van der Waals surface area contributed by atoms with E-state index in [-0.39, 0.29) is 6.61 Å². The van der Waals surface area contributed by atoms with Gasteiger partial charge in [-0.15, -0.1) is 0 Å². The first-order chi connectivity index (χ1) is 9.17. The lowest BCUT2D eigenvalue weighted by atomic mass is 10.1. The molecule has 0 bridgehead atoms. The van der Waals surface area contributed by atoms with Crippen LogP contribution in [0.1, 0.15) is 12.5 Å². The van der Waals surface area contributed by atoms with Gasteiger partial charge in [0.1, 0.15) is 5.75 Å². The van der Waals surface area contributed by atoms with Gasteiger partial charge in [0, 0.05) is 0 Å². The second-order valence-corrected chi connectivity index (χ2v) is 3.94. The third kappa shape index (κ3) is 5.72. The normalized spacial score (nSPS) is 11.9. The summed E-state index contributed by atoms with van der Waals surface area (Å²) >= 11 is 0. The van der Waals surface area contributed by atoms with Crippen LogP contribution in [0.15, 0.2) is 24.3 Å². The summed E-state index contributed by atoms with van der Waals surface area (Å²) in [5, 5.41) is 9.29. The summed E-state index contributed by atoms with van der Waals surface area (Å²) in [4.78, 5) is 10.9. The molecule has 0 spiro atoms. The number of carbonyl (C=O) groups is 1. The second-order valence-electron chi connectivity index (χ2n) is 3.94. The van der Waals surface area contributed by atoms with E-state index in [0.717, 1.165) is 11.3 Å². The molecule has 0 radical (unpaired) electrons. The molecule has 0 amide bonds. The SMILES string of the molecule is CCOc1ccc(CCOCC(O)C(=O)OC)cc1. The highest BCUT2D eigenvalue weighted by Gasteiger charge is 2.14. The molecular formula is C14H20O5. The first-order valence-corrected chi connectivity index (χ1v) is 6.22. The van der Waals surface area contributed by atoms with Crippen molar-refractivity contribution < 1.29 is 24.1 Å². The predicted molar refractivity (Wildman–Crippen MR) is 70.2 cm³/mol. The molecule has 1 rings (SSSR count). The number of methoxy groups -OCH3 is 1. The van der Waals surface area contributed by atoms with Gasteiger partial charge in [-0.05, 0) is 31.0 Å². The molecule has 0 saturated carbocycles. The molecule has 1 N–H and O–H groups in total. The van der Waals surface area contributed by atoms with Crippen molar-refractivity contribution in [1.82, 2.24) is 0 Å². The molecule has 0 aliphatic heterocycles. The third-order valence-corrected chi connectivity index (χ3v) is 2.52. The van der Waals surface area contributed by atoms with Crippen LogP contribution in [0.2, 0.25) is 0 Å². The van der Waals surface area contributed by atoms with E-state index in [1.54, 1.807) is 0 Å². The van der Waals surface area contributed by atoms with E-state index < -0.39 is 12.1 Å². The Bertz CT molecular complexity index is 374. The monoisotopic (exact) mass is 268 g/mol. The fourth-order valence-electron chi connectivity index (χ4n) is 1.51. The van der Waals surface area contributed by atoms with Crippen LogP contribution < -0.4 is 4.74 Å². The number of aliphatic hydroxyl groups excluding tert-OH is 1. The maximum Gasteiger partial charge on any atom is 0.337 e. The summed E-state index contributed by atoms with van der Waals surface area (Å²) in [7, 11) is 1.23. The van der Waals surface area contributed by atoms with Gasteiger partial charge in [-0.2, -0.15) is 0 Å². The predicted octanol–water partition coefficient (Wildman–Crippen LogP) is 1.18. The Labute approximate surface area is 113 Å². The Kier molecular flexibility index (Phi) is 6.92. The molecule has 5 heteroatoms. The summed E-state index contributed by atoms with van der Waals surface area (Å²) in [6, 6.07) is 7.74. The van der Waals surface area contributed by atoms with Gasteiger partial charge >= 0.3 is 5.97 Å². The van der Waals surface area contributed by atoms with Crippen LogP contribution in [0, 0.1) is 0 Å². The topological polar surface area (TPSA) is 65.0 Å². The first kappa shape index (κ1) is 15.5. The highest BCUT2D eigenvalue weighted by Crippen LogP contribution is 2.12. The van der Waals surface area contributed by atoms with E-state index in [0.29, 0.717) is 19.6 Å². The average Bonchev–Trinajstić information content (AvgIpc) is 2.44. The number of benzene rings is 1. The Morgan fingerprint density at radius 1 is 1.32 bits per heavy atom. The van der Waals surface area contributed by atoms with Gasteiger partial charge < -0.3 is 19.3 Å². The highest BCUT2D eigenvalue weighted by molar-refractivity contribution is 5.74. The minimum absolute atomic E-state index is 0.0519. The molecule has 1 aromatic rings. The van der Waals surface area contributed by atoms with Gasteiger partial charge in [0.2, 0.25) is 0 Å². The highest BCUT2D eigenvalue weighted by atomic mass is 16.5. The van der Waals surface area contributed by atoms with Crippen molar-refractivity contribution in [2.45, 2.75) is 19.4 Å². The number of rotatable bonds is 8. The van der Waals surface area contributed by atoms with E-state index in [1.165, 1.54) is 7.11 Å². The van der Waals surface area contributed by atoms with Crippen LogP contribution >= 0.6 is 0 Å². The first-order valence-electron chi connectivity index (χ1n) is 6.22. The fourth-order valence-corrected chi connectivity index (χ4v) is 1.51. The molecule has 0 aliphatic carbocycles. The molecule has 0 aliphatic rings. The van der Waals surface area contributed by atoms with Crippen molar-refractivity contribution >= 4 is 5.97 Å². The second kappa shape index (κ2) is 8.50. The number of aliphatic hydroxyl groups is 1. The van der Waals surface area contributed by atoms with Gasteiger partial charge in [0.25, 0.3) is 0 Å². The summed E-state index contributed by atoms with van der Waals surface area (Å²) < 4.78 is 14.9. The zero-order valence-electron chi connectivity index (χ0n) is 11.3. The van der Waals surface area contributed by atoms with Crippen LogP contribution in [0.4, 0.5) is 0 Å². The number of ether oxygens (including phenoxy) is 3. The number of esters is 1. The van der Waals surface area contributed by atoms with Crippen LogP contribution in [-0.4, -0.2) is 44.1 Å². The number of hydrogen-bond donors (Lipinski definition) is 1. The molecule has 0 aromatic heterocycles. The van der Waals surface area contributed by atoms with Crippen molar-refractivity contribution in [3.63, 3.8) is 0 Å². The lowest BCUT2D eigenvalue weighted by Crippen LogP contribution is -2.27. The number of carbonyl (C=O) groups excluding carboxylic acids is 1. The maximum absolute atomic E-state index is 10.9. The van der Waals surface area contributed by atoms with Gasteiger partial charge in [-0.1, -0.05) is 12.1 Å². The van der Waals surface area contributed by atoms with Crippen LogP contribution in [0.25, 0.3) is 0 Å². The lowest BCUT2D eigenvalue weighted by molar-refractivity contribution is -0.153. The maximum atomic E-state index is 10.9. The Morgan fingerprint density at radius 2 is 2.00 bits per heavy atom. The largest absolute Gasteiger partial charge is 0.494 e. The molecular weight excluding hydrogens is 248 g/mol. The van der Waals surface area contributed by atoms with E-state index in [9.17, 15) is 9.90 Å². The Hall–Kier alpha value is -1.59. The lowest BCUT2D eigenvalue weighted by Gasteiger charge is -2.09. The summed E-state index contributed by atoms with van der Waals surface area (Å²) in [5.74, 6) is 0.161. The average molecular weight is 268 g/mol. The van der Waals surface area contributed by atoms with Crippen molar-refractivity contribution in [1.29, 1.82) is 0 Å². The minimum atomic E-state index is -1.22. The molecule has 0 saturated heterocycles. The van der Waals surface area contributed by atoms with E-state index in [4.69, 9.17) is 9.47 Å². The summed E-state index contributed by atoms with van der Waals surface area (Å²) in [6.07, 6.45) is -0.509. The zero-order valence-corrected chi connectivity index (χ0v) is 11.3. The Morgan fingerprint density at radius 3 is 2.58 bits per heavy atom. The summed E-state index contributed by atoms with van der Waals surface area (Å²) in [6.45, 7) is 2.97. The quantitative estimate of drug-likeness (QED) is 0.566. The molecule has 106 valence electrons. The smallest absolute Gasteiger partial charge is 0.337 e. The van der Waals surface area contributed by atoms with E-state index >= 15 is 0 Å². The van der Waals surface area contributed by atoms with Crippen LogP contribution in [0.5, 0.6) is 5.75 Å². The molecule has 5 nitrogen and oxygen atoms in total. The van der Waals surface area contributed by atoms with Crippen molar-refractivity contribution in [3.8, 4) is 5.75 Å². The zero-order chi connectivity index (χ0) is 14.1. The third-order valence-electron chi connectivity index (χ3n) is 2.52.